The predicted molar refractivity (Wildman–Crippen MR) is 440 cm³/mol. The molecule has 10 aliphatic rings. The minimum absolute atomic E-state index is 0.0239. The number of fused-ring (bicyclic) bond motifs is 3. The second kappa shape index (κ2) is 32.7. The molecular formula is C87H81N21O15. The number of piperazine rings is 1. The number of rotatable bonds is 13. The first kappa shape index (κ1) is 81.4. The number of pyridine rings is 1. The number of aromatic nitrogens is 6. The van der Waals surface area contributed by atoms with E-state index in [1.165, 1.54) is 32.6 Å². The lowest BCUT2D eigenvalue weighted by Crippen LogP contribution is -2.55. The van der Waals surface area contributed by atoms with Crippen molar-refractivity contribution in [3.8, 4) is 58.3 Å². The highest BCUT2D eigenvalue weighted by Crippen LogP contribution is 2.37. The van der Waals surface area contributed by atoms with E-state index >= 15 is 0 Å². The zero-order valence-corrected chi connectivity index (χ0v) is 67.1. The molecule has 36 heteroatoms. The second-order valence-corrected chi connectivity index (χ2v) is 31.4. The number of carbonyl (C=O) groups is 13. The van der Waals surface area contributed by atoms with E-state index in [2.05, 4.69) is 110 Å². The molecule has 0 bridgehead atoms. The minimum Gasteiger partial charge on any atom is -0.497 e. The molecule has 0 radical (unpaired) electrons. The molecule has 4 atom stereocenters. The topological polar surface area (TPSA) is 453 Å². The van der Waals surface area contributed by atoms with Crippen LogP contribution < -0.4 is 63.2 Å². The maximum absolute atomic E-state index is 13.4. The lowest BCUT2D eigenvalue weighted by Gasteiger charge is -2.36. The minimum atomic E-state index is -1.62. The maximum Gasteiger partial charge on any atom is 0.348 e. The van der Waals surface area contributed by atoms with Crippen molar-refractivity contribution in [3.05, 3.63) is 206 Å². The molecule has 1 unspecified atom stereocenters. The molecular weight excluding hydrogens is 1580 g/mol. The Bertz CT molecular complexity index is 6080. The SMILES string of the molecule is CCN1CCN(C(=O)C2CCC(=O)N2c2ccc(C#C[C@]3(CN4Cc5ccc(C)cc5C4=O)NC(=O)NC3=O)cc2)CC1.COc1ccc2c(c1)C(=O)N(C[C@@]1(C#Cc3cnc(N4CCC5(CC4)NC(=O)NC5=O)nc3N)CC(=O)NC1=O)C2.Cc1ccc2c(c1)C(=O)N(C[C@@]1(C#Cc3ccc(-n4c(-c5cccnc5)n[nH]c4=O)cc3)NC(=O)NC1=O)C2. The molecule has 13 heterocycles. The number of likely N-dealkylation sites (N-methyl/N-ethyl adjacent to an activating group) is 1. The molecule has 36 nitrogen and oxygen atoms in total. The number of H-pyrrole nitrogens is 1. The highest BCUT2D eigenvalue weighted by atomic mass is 16.5. The molecule has 7 saturated heterocycles. The van der Waals surface area contributed by atoms with Gasteiger partial charge in [0.05, 0.1) is 44.1 Å². The number of nitrogens with one attached hydrogen (secondary N) is 8. The quantitative estimate of drug-likeness (QED) is 0.0453. The Morgan fingerprint density at radius 2 is 1.14 bits per heavy atom. The van der Waals surface area contributed by atoms with Crippen molar-refractivity contribution < 1.29 is 67.1 Å². The Balaban J connectivity index is 0.000000137. The molecule has 5 aromatic carbocycles. The molecule has 16 amide bonds. The van der Waals surface area contributed by atoms with Gasteiger partial charge in [-0.05, 0) is 141 Å². The number of nitrogens with zero attached hydrogens (tertiary/aromatic N) is 12. The monoisotopic (exact) mass is 1660 g/mol. The van der Waals surface area contributed by atoms with Crippen LogP contribution in [0.1, 0.15) is 115 Å². The Morgan fingerprint density at radius 3 is 1.65 bits per heavy atom. The number of piperidine rings is 1. The van der Waals surface area contributed by atoms with Crippen LogP contribution >= 0.6 is 0 Å². The van der Waals surface area contributed by atoms with Crippen LogP contribution in [-0.2, 0) is 53.2 Å². The largest absolute Gasteiger partial charge is 0.497 e. The molecule has 3 aromatic heterocycles. The molecule has 10 N–H and O–H groups in total. The number of hydrogen-bond donors (Lipinski definition) is 9. The lowest BCUT2D eigenvalue weighted by molar-refractivity contribution is -0.135. The number of hydrogen-bond acceptors (Lipinski definition) is 22. The van der Waals surface area contributed by atoms with E-state index in [0.29, 0.717) is 127 Å². The summed E-state index contributed by atoms with van der Waals surface area (Å²) in [5, 5.41) is 23.6. The third-order valence-electron chi connectivity index (χ3n) is 23.3. The highest BCUT2D eigenvalue weighted by molar-refractivity contribution is 6.12. The van der Waals surface area contributed by atoms with E-state index in [1.807, 2.05) is 60.0 Å². The van der Waals surface area contributed by atoms with Crippen LogP contribution in [0.2, 0.25) is 0 Å². The first-order valence-corrected chi connectivity index (χ1v) is 39.7. The van der Waals surface area contributed by atoms with Crippen LogP contribution in [-0.4, -0.2) is 227 Å². The van der Waals surface area contributed by atoms with E-state index in [1.54, 1.807) is 96.2 Å². The van der Waals surface area contributed by atoms with Crippen molar-refractivity contribution in [1.82, 2.24) is 91.4 Å². The number of nitrogens with two attached hydrogens (primary N) is 1. The standard InChI is InChI=1S/C32H34N6O5.C28H21N7O4.C27H26N8O6/c1-3-35-14-16-36(17-15-35)29(41)26-10-11-27(39)38(26)24-8-5-22(6-9-24)12-13-32(30(42)33-31(43)34-32)20-37-19-23-7-4-21(2)18-25(23)28(37)40;1-17-4-7-20-15-34(24(36)22(20)13-17)16-28(25(37)30-26(38)31-28)11-10-18-5-8-21(9-6-18)35-23(32-33-27(35)39)19-3-2-12-29-14-19;1-41-17-3-2-16-13-35(21(37)18(16)10-17)14-26(11-19(36)30-22(26)38)5-4-15-12-29-24(31-20(15)28)34-8-6-27(7-9-34)23(39)32-25(40)33-27/h4-9,18,26H,3,10-11,14-17,19-20H2,1-2H3,(H2,33,34,42,43);2-9,12-14H,15-16H2,1H3,(H,33,39)(H2,30,31,37,38);2-3,10,12H,6-9,11,13-14H2,1H3,(H2,28,29,31)(H,30,36,38)(H2,32,33,39,40)/t26?,32-;28-;26-/m111/s1. The summed E-state index contributed by atoms with van der Waals surface area (Å²) in [6.07, 6.45) is 6.01. The number of aromatic amines is 1. The summed E-state index contributed by atoms with van der Waals surface area (Å²) in [6, 6.07) is 31.3. The second-order valence-electron chi connectivity index (χ2n) is 31.4. The number of urea groups is 3. The van der Waals surface area contributed by atoms with Crippen molar-refractivity contribution >= 4 is 94.6 Å². The average Bonchev–Trinajstić information content (AvgIpc) is 1.63. The van der Waals surface area contributed by atoms with E-state index in [4.69, 9.17) is 10.5 Å². The summed E-state index contributed by atoms with van der Waals surface area (Å²) >= 11 is 0. The van der Waals surface area contributed by atoms with Gasteiger partial charge >= 0.3 is 23.8 Å². The third-order valence-corrected chi connectivity index (χ3v) is 23.3. The van der Waals surface area contributed by atoms with Gasteiger partial charge in [-0.15, -0.1) is 0 Å². The number of ether oxygens (including phenoxy) is 1. The Hall–Kier alpha value is -15.4. The Morgan fingerprint density at radius 1 is 0.585 bits per heavy atom. The van der Waals surface area contributed by atoms with Crippen LogP contribution in [0, 0.1) is 54.8 Å². The van der Waals surface area contributed by atoms with Gasteiger partial charge in [-0.1, -0.05) is 83.9 Å². The zero-order valence-electron chi connectivity index (χ0n) is 67.1. The number of amides is 16. The van der Waals surface area contributed by atoms with Gasteiger partial charge in [0, 0.05) is 123 Å². The van der Waals surface area contributed by atoms with Gasteiger partial charge in [0.2, 0.25) is 40.7 Å². The average molecular weight is 1660 g/mol. The number of imide groups is 4. The van der Waals surface area contributed by atoms with E-state index in [0.717, 1.165) is 47.5 Å². The van der Waals surface area contributed by atoms with Crippen molar-refractivity contribution in [1.29, 1.82) is 0 Å². The molecule has 18 rings (SSSR count). The van der Waals surface area contributed by atoms with Crippen LogP contribution in [0.15, 0.2) is 139 Å². The van der Waals surface area contributed by atoms with Gasteiger partial charge in [0.1, 0.15) is 28.6 Å². The van der Waals surface area contributed by atoms with E-state index in [9.17, 15) is 67.1 Å². The van der Waals surface area contributed by atoms with Crippen molar-refractivity contribution in [2.45, 2.75) is 95.2 Å². The fourth-order valence-electron chi connectivity index (χ4n) is 16.6. The smallest absolute Gasteiger partial charge is 0.348 e. The van der Waals surface area contributed by atoms with Gasteiger partial charge in [0.15, 0.2) is 5.82 Å². The van der Waals surface area contributed by atoms with Crippen molar-refractivity contribution in [2.24, 2.45) is 5.41 Å². The van der Waals surface area contributed by atoms with Gasteiger partial charge < -0.3 is 55.8 Å². The number of methoxy groups -OCH3 is 1. The van der Waals surface area contributed by atoms with E-state index in [-0.39, 0.29) is 79.4 Å². The highest BCUT2D eigenvalue weighted by Gasteiger charge is 2.53. The number of aryl methyl sites for hydroxylation is 2. The molecule has 624 valence electrons. The number of benzene rings is 5. The first-order chi connectivity index (χ1) is 59.1. The summed E-state index contributed by atoms with van der Waals surface area (Å²) in [6.45, 7) is 11.3. The number of anilines is 3. The Labute approximate surface area is 702 Å². The molecule has 7 fully saturated rings. The molecule has 8 aromatic rings. The van der Waals surface area contributed by atoms with E-state index < -0.39 is 75.5 Å². The molecule has 1 spiro atoms. The number of nitrogen functional groups attached to an aromatic ring is 1. The van der Waals surface area contributed by atoms with Crippen LogP contribution in [0.4, 0.5) is 31.8 Å². The predicted octanol–water partition coefficient (Wildman–Crippen LogP) is 2.04. The summed E-state index contributed by atoms with van der Waals surface area (Å²) in [5.41, 5.74) is 9.38. The van der Waals surface area contributed by atoms with Crippen LogP contribution in [0.3, 0.4) is 0 Å². The van der Waals surface area contributed by atoms with Crippen LogP contribution in [0.25, 0.3) is 17.1 Å². The lowest BCUT2D eigenvalue weighted by atomic mass is 9.85. The maximum atomic E-state index is 13.4. The van der Waals surface area contributed by atoms with Gasteiger partial charge in [-0.25, -0.2) is 33.8 Å². The van der Waals surface area contributed by atoms with Crippen molar-refractivity contribution in [3.63, 3.8) is 0 Å². The summed E-state index contributed by atoms with van der Waals surface area (Å²) in [5.74, 6) is 15.4. The number of carbonyl (C=O) groups excluding carboxylic acids is 13. The van der Waals surface area contributed by atoms with Gasteiger partial charge in [-0.3, -0.25) is 79.1 Å². The van der Waals surface area contributed by atoms with Crippen LogP contribution in [0.5, 0.6) is 5.75 Å². The molecule has 0 aliphatic carbocycles. The molecule has 0 saturated carbocycles. The molecule has 10 aliphatic heterocycles. The third kappa shape index (κ3) is 16.1. The summed E-state index contributed by atoms with van der Waals surface area (Å²) in [7, 11) is 1.51. The van der Waals surface area contributed by atoms with Gasteiger partial charge in [0.25, 0.3) is 35.4 Å². The van der Waals surface area contributed by atoms with Gasteiger partial charge in [-0.2, -0.15) is 10.1 Å². The summed E-state index contributed by atoms with van der Waals surface area (Å²) in [4.78, 5) is 202. The fourth-order valence-corrected chi connectivity index (χ4v) is 16.6. The normalized spacial score (nSPS) is 21.5. The van der Waals surface area contributed by atoms with Crippen molar-refractivity contribution in [2.75, 3.05) is 88.1 Å². The first-order valence-electron chi connectivity index (χ1n) is 39.7. The molecule has 123 heavy (non-hydrogen) atoms. The fraction of sp³-hybridized carbons (Fsp3) is 0.310. The summed E-state index contributed by atoms with van der Waals surface area (Å²) < 4.78 is 6.64. The zero-order chi connectivity index (χ0) is 86.4. The Kier molecular flexibility index (Phi) is 21.7.